The molecule has 4 nitrogen and oxygen atoms in total. The van der Waals surface area contributed by atoms with Gasteiger partial charge in [0.2, 0.25) is 0 Å². The SMILES string of the molecule is CC(C)N1N=CC2CN([C@H]3CC[C@H](c4cc(F)c(F)cc4F)C(N)C3)CC21. The number of rotatable bonds is 3. The van der Waals surface area contributed by atoms with Gasteiger partial charge in [-0.05, 0) is 44.7 Å². The van der Waals surface area contributed by atoms with Crippen molar-refractivity contribution in [2.75, 3.05) is 13.1 Å². The van der Waals surface area contributed by atoms with Gasteiger partial charge in [0.15, 0.2) is 11.6 Å². The van der Waals surface area contributed by atoms with E-state index in [-0.39, 0.29) is 17.5 Å². The summed E-state index contributed by atoms with van der Waals surface area (Å²) < 4.78 is 41.0. The summed E-state index contributed by atoms with van der Waals surface area (Å²) in [5.74, 6) is -2.69. The zero-order valence-electron chi connectivity index (χ0n) is 15.8. The predicted molar refractivity (Wildman–Crippen MR) is 99.0 cm³/mol. The Morgan fingerprint density at radius 3 is 2.52 bits per heavy atom. The Kier molecular flexibility index (Phi) is 4.93. The van der Waals surface area contributed by atoms with Crippen LogP contribution in [0.3, 0.4) is 0 Å². The summed E-state index contributed by atoms with van der Waals surface area (Å²) in [5.41, 5.74) is 6.58. The number of likely N-dealkylation sites (tertiary alicyclic amines) is 1. The van der Waals surface area contributed by atoms with E-state index < -0.39 is 17.5 Å². The molecule has 1 aromatic rings. The van der Waals surface area contributed by atoms with Crippen molar-refractivity contribution in [3.63, 3.8) is 0 Å². The van der Waals surface area contributed by atoms with E-state index in [1.807, 2.05) is 0 Å². The topological polar surface area (TPSA) is 44.9 Å². The molecule has 148 valence electrons. The van der Waals surface area contributed by atoms with E-state index in [4.69, 9.17) is 5.73 Å². The zero-order chi connectivity index (χ0) is 19.3. The van der Waals surface area contributed by atoms with Gasteiger partial charge in [-0.3, -0.25) is 9.91 Å². The minimum absolute atomic E-state index is 0.205. The molecule has 2 heterocycles. The highest BCUT2D eigenvalue weighted by atomic mass is 19.2. The molecule has 0 amide bonds. The van der Waals surface area contributed by atoms with Crippen LogP contribution in [-0.4, -0.2) is 53.4 Å². The quantitative estimate of drug-likeness (QED) is 0.820. The molecule has 0 bridgehead atoms. The van der Waals surface area contributed by atoms with Gasteiger partial charge in [-0.1, -0.05) is 0 Å². The molecule has 1 saturated carbocycles. The van der Waals surface area contributed by atoms with Crippen molar-refractivity contribution >= 4 is 6.21 Å². The van der Waals surface area contributed by atoms with Crippen LogP contribution in [0.4, 0.5) is 13.2 Å². The van der Waals surface area contributed by atoms with Gasteiger partial charge in [0.1, 0.15) is 5.82 Å². The fourth-order valence-electron chi connectivity index (χ4n) is 5.05. The normalized spacial score (nSPS) is 33.9. The average molecular weight is 380 g/mol. The van der Waals surface area contributed by atoms with Gasteiger partial charge in [0.25, 0.3) is 0 Å². The molecule has 2 N–H and O–H groups in total. The van der Waals surface area contributed by atoms with E-state index >= 15 is 0 Å². The van der Waals surface area contributed by atoms with Gasteiger partial charge in [0.05, 0.1) is 6.04 Å². The lowest BCUT2D eigenvalue weighted by atomic mass is 9.77. The summed E-state index contributed by atoms with van der Waals surface area (Å²) in [6, 6.07) is 2.49. The third-order valence-electron chi connectivity index (χ3n) is 6.45. The lowest BCUT2D eigenvalue weighted by Gasteiger charge is -2.39. The van der Waals surface area contributed by atoms with Gasteiger partial charge < -0.3 is 5.73 Å². The van der Waals surface area contributed by atoms with Crippen molar-refractivity contribution in [3.05, 3.63) is 35.1 Å². The summed E-state index contributed by atoms with van der Waals surface area (Å²) >= 11 is 0. The Bertz CT molecular complexity index is 738. The molecule has 27 heavy (non-hydrogen) atoms. The third-order valence-corrected chi connectivity index (χ3v) is 6.45. The first-order chi connectivity index (χ1) is 12.8. The summed E-state index contributed by atoms with van der Waals surface area (Å²) in [7, 11) is 0. The average Bonchev–Trinajstić information content (AvgIpc) is 3.18. The molecule has 1 aromatic carbocycles. The van der Waals surface area contributed by atoms with Crippen molar-refractivity contribution in [1.29, 1.82) is 0 Å². The Balaban J connectivity index is 1.43. The molecule has 7 heteroatoms. The van der Waals surface area contributed by atoms with E-state index in [0.29, 0.717) is 36.5 Å². The maximum Gasteiger partial charge on any atom is 0.161 e. The lowest BCUT2D eigenvalue weighted by molar-refractivity contribution is 0.132. The predicted octanol–water partition coefficient (Wildman–Crippen LogP) is 3.08. The second-order valence-corrected chi connectivity index (χ2v) is 8.45. The van der Waals surface area contributed by atoms with E-state index in [9.17, 15) is 13.2 Å². The molecule has 5 atom stereocenters. The van der Waals surface area contributed by atoms with Crippen molar-refractivity contribution in [2.45, 2.75) is 63.2 Å². The molecule has 3 unspecified atom stereocenters. The summed E-state index contributed by atoms with van der Waals surface area (Å²) in [5, 5.41) is 6.73. The van der Waals surface area contributed by atoms with E-state index in [0.717, 1.165) is 32.0 Å². The highest BCUT2D eigenvalue weighted by Crippen LogP contribution is 2.38. The second-order valence-electron chi connectivity index (χ2n) is 8.45. The Morgan fingerprint density at radius 2 is 1.81 bits per heavy atom. The first-order valence-corrected chi connectivity index (χ1v) is 9.81. The number of nitrogens with zero attached hydrogens (tertiary/aromatic N) is 3. The molecule has 4 rings (SSSR count). The Morgan fingerprint density at radius 1 is 1.07 bits per heavy atom. The minimum Gasteiger partial charge on any atom is -0.327 e. The molecular formula is C20H27F3N4. The first-order valence-electron chi connectivity index (χ1n) is 9.81. The smallest absolute Gasteiger partial charge is 0.161 e. The molecule has 1 saturated heterocycles. The van der Waals surface area contributed by atoms with Crippen molar-refractivity contribution in [3.8, 4) is 0 Å². The van der Waals surface area contributed by atoms with Gasteiger partial charge in [-0.15, -0.1) is 0 Å². The van der Waals surface area contributed by atoms with Gasteiger partial charge in [0, 0.05) is 55.3 Å². The molecule has 2 fully saturated rings. The van der Waals surface area contributed by atoms with Crippen LogP contribution < -0.4 is 5.73 Å². The highest BCUT2D eigenvalue weighted by molar-refractivity contribution is 5.65. The van der Waals surface area contributed by atoms with Gasteiger partial charge in [-0.2, -0.15) is 5.10 Å². The van der Waals surface area contributed by atoms with Crippen molar-refractivity contribution < 1.29 is 13.2 Å². The fraction of sp³-hybridized carbons (Fsp3) is 0.650. The first kappa shape index (κ1) is 18.7. The summed E-state index contributed by atoms with van der Waals surface area (Å²) in [6.07, 6.45) is 4.37. The van der Waals surface area contributed by atoms with Crippen LogP contribution in [0.2, 0.25) is 0 Å². The van der Waals surface area contributed by atoms with Crippen molar-refractivity contribution in [1.82, 2.24) is 9.91 Å². The van der Waals surface area contributed by atoms with Crippen LogP contribution in [0.5, 0.6) is 0 Å². The van der Waals surface area contributed by atoms with Crippen molar-refractivity contribution in [2.24, 2.45) is 16.8 Å². The van der Waals surface area contributed by atoms with Crippen LogP contribution >= 0.6 is 0 Å². The molecule has 2 aliphatic heterocycles. The maximum absolute atomic E-state index is 14.2. The zero-order valence-corrected chi connectivity index (χ0v) is 15.8. The number of hydrogen-bond donors (Lipinski definition) is 1. The molecule has 1 aliphatic carbocycles. The number of halogens is 3. The number of hydrogen-bond acceptors (Lipinski definition) is 4. The molecule has 0 aromatic heterocycles. The van der Waals surface area contributed by atoms with Crippen LogP contribution in [-0.2, 0) is 0 Å². The van der Waals surface area contributed by atoms with Crippen LogP contribution in [0.15, 0.2) is 17.2 Å². The molecule has 0 spiro atoms. The molecule has 0 radical (unpaired) electrons. The van der Waals surface area contributed by atoms with Crippen LogP contribution in [0, 0.1) is 23.4 Å². The fourth-order valence-corrected chi connectivity index (χ4v) is 5.05. The summed E-state index contributed by atoms with van der Waals surface area (Å²) in [4.78, 5) is 2.48. The number of fused-ring (bicyclic) bond motifs is 1. The standard InChI is InChI=1S/C20H27F3N4/c1-11(2)27-20-10-26(9-12(20)8-25-27)13-3-4-14(19(24)5-13)15-6-17(22)18(23)7-16(15)21/h6-8,11-14,19-20H,3-5,9-10,24H2,1-2H3/t12?,13-,14+,19?,20?/m0/s1. The van der Waals surface area contributed by atoms with E-state index in [2.05, 4.69) is 35.1 Å². The van der Waals surface area contributed by atoms with Crippen LogP contribution in [0.25, 0.3) is 0 Å². The van der Waals surface area contributed by atoms with Crippen LogP contribution in [0.1, 0.15) is 44.6 Å². The highest BCUT2D eigenvalue weighted by Gasteiger charge is 2.44. The third kappa shape index (κ3) is 3.36. The second kappa shape index (κ2) is 7.09. The Hall–Kier alpha value is -1.60. The number of hydrazone groups is 1. The largest absolute Gasteiger partial charge is 0.327 e. The molecular weight excluding hydrogens is 353 g/mol. The Labute approximate surface area is 158 Å². The molecule has 3 aliphatic rings. The number of nitrogens with two attached hydrogens (primary N) is 1. The number of benzene rings is 1. The maximum atomic E-state index is 14.2. The minimum atomic E-state index is -1.15. The van der Waals surface area contributed by atoms with E-state index in [1.54, 1.807) is 0 Å². The van der Waals surface area contributed by atoms with Gasteiger partial charge >= 0.3 is 0 Å². The van der Waals surface area contributed by atoms with Gasteiger partial charge in [-0.25, -0.2) is 13.2 Å². The van der Waals surface area contributed by atoms with E-state index in [1.165, 1.54) is 0 Å². The summed E-state index contributed by atoms with van der Waals surface area (Å²) in [6.45, 7) is 6.24. The monoisotopic (exact) mass is 380 g/mol. The lowest BCUT2D eigenvalue weighted by Crippen LogP contribution is -2.46.